The Kier molecular flexibility index (Phi) is 3.05. The average molecular weight is 268 g/mol. The van der Waals surface area contributed by atoms with Gasteiger partial charge in [-0.3, -0.25) is 20.2 Å². The molecule has 104 valence electrons. The van der Waals surface area contributed by atoms with E-state index in [1.807, 2.05) is 0 Å². The summed E-state index contributed by atoms with van der Waals surface area (Å²) in [5.74, 6) is -0.253. The van der Waals surface area contributed by atoms with Gasteiger partial charge in [0.1, 0.15) is 0 Å². The van der Waals surface area contributed by atoms with Gasteiger partial charge in [0.25, 0.3) is 11.7 Å². The van der Waals surface area contributed by atoms with Crippen LogP contribution >= 0.6 is 0 Å². The molecule has 0 bridgehead atoms. The molecule has 2 atom stereocenters. The molecule has 0 aromatic heterocycles. The maximum atomic E-state index is 11.3. The molecule has 19 heavy (non-hydrogen) atoms. The Morgan fingerprint density at radius 1 is 1.42 bits per heavy atom. The van der Waals surface area contributed by atoms with Crippen molar-refractivity contribution in [2.75, 3.05) is 0 Å². The second kappa shape index (κ2) is 4.30. The van der Waals surface area contributed by atoms with Crippen molar-refractivity contribution in [1.29, 1.82) is 0 Å². The highest BCUT2D eigenvalue weighted by Gasteiger charge is 2.64. The van der Waals surface area contributed by atoms with Crippen molar-refractivity contribution >= 4 is 0 Å². The number of hydrogen-bond donors (Lipinski definition) is 2. The Morgan fingerprint density at radius 2 is 2.00 bits per heavy atom. The van der Waals surface area contributed by atoms with Gasteiger partial charge in [0.2, 0.25) is 0 Å². The Hall–Kier alpha value is -1.96. The number of allylic oxidation sites excluding steroid dienone is 2. The summed E-state index contributed by atoms with van der Waals surface area (Å²) in [6, 6.07) is -1.42. The van der Waals surface area contributed by atoms with E-state index in [-0.39, 0.29) is 17.3 Å². The van der Waals surface area contributed by atoms with Gasteiger partial charge >= 0.3 is 0 Å². The van der Waals surface area contributed by atoms with Gasteiger partial charge in [0.05, 0.1) is 10.6 Å². The Bertz CT molecular complexity index is 509. The highest BCUT2D eigenvalue weighted by Crippen LogP contribution is 2.48. The average Bonchev–Trinajstić information content (AvgIpc) is 3.12. The minimum atomic E-state index is -1.60. The molecule has 1 fully saturated rings. The van der Waals surface area contributed by atoms with Gasteiger partial charge in [-0.15, -0.1) is 0 Å². The summed E-state index contributed by atoms with van der Waals surface area (Å²) in [6.45, 7) is 1.74. The summed E-state index contributed by atoms with van der Waals surface area (Å²) in [5.41, 5.74) is 10.5. The van der Waals surface area contributed by atoms with Crippen molar-refractivity contribution in [3.8, 4) is 0 Å². The molecule has 1 saturated carbocycles. The van der Waals surface area contributed by atoms with Gasteiger partial charge in [-0.05, 0) is 30.8 Å². The van der Waals surface area contributed by atoms with E-state index >= 15 is 0 Å². The van der Waals surface area contributed by atoms with Crippen molar-refractivity contribution in [3.05, 3.63) is 43.3 Å². The normalized spacial score (nSPS) is 31.1. The molecule has 0 aromatic rings. The van der Waals surface area contributed by atoms with Gasteiger partial charge in [-0.1, -0.05) is 6.92 Å². The standard InChI is InChI=1S/C11H16N4O4/c1-2-6-5-8(14(16)17)11(13,7-3-4-7)10(9(6)12)15(18)19/h5,7,10H,2-4,12-13H2,1H3. The first-order valence-electron chi connectivity index (χ1n) is 6.11. The monoisotopic (exact) mass is 268 g/mol. The first-order valence-corrected chi connectivity index (χ1v) is 6.11. The Balaban J connectivity index is 2.62. The summed E-state index contributed by atoms with van der Waals surface area (Å²) in [7, 11) is 0. The predicted octanol–water partition coefficient (Wildman–Crippen LogP) is 0.536. The molecule has 2 rings (SSSR count). The van der Waals surface area contributed by atoms with E-state index in [0.29, 0.717) is 24.8 Å². The Labute approximate surface area is 109 Å². The quantitative estimate of drug-likeness (QED) is 0.563. The second-order valence-electron chi connectivity index (χ2n) is 5.02. The molecule has 2 aliphatic carbocycles. The first-order chi connectivity index (χ1) is 8.83. The zero-order valence-electron chi connectivity index (χ0n) is 10.5. The van der Waals surface area contributed by atoms with Gasteiger partial charge in [-0.25, -0.2) is 0 Å². The van der Waals surface area contributed by atoms with Crippen LogP contribution in [0.5, 0.6) is 0 Å². The van der Waals surface area contributed by atoms with Crippen LogP contribution in [0.1, 0.15) is 26.2 Å². The topological polar surface area (TPSA) is 138 Å². The summed E-state index contributed by atoms with van der Waals surface area (Å²) in [6.07, 6.45) is 3.02. The number of hydrogen-bond acceptors (Lipinski definition) is 6. The van der Waals surface area contributed by atoms with Crippen LogP contribution in [0.4, 0.5) is 0 Å². The third kappa shape index (κ3) is 1.88. The van der Waals surface area contributed by atoms with Gasteiger partial charge < -0.3 is 11.5 Å². The van der Waals surface area contributed by atoms with Crippen molar-refractivity contribution in [1.82, 2.24) is 0 Å². The molecule has 0 aliphatic heterocycles. The number of nitro groups is 2. The lowest BCUT2D eigenvalue weighted by atomic mass is 9.76. The lowest BCUT2D eigenvalue weighted by Crippen LogP contribution is -2.62. The third-order valence-electron chi connectivity index (χ3n) is 3.91. The molecule has 0 aromatic carbocycles. The molecule has 2 aliphatic rings. The van der Waals surface area contributed by atoms with E-state index in [9.17, 15) is 20.2 Å². The van der Waals surface area contributed by atoms with E-state index in [1.165, 1.54) is 6.08 Å². The van der Waals surface area contributed by atoms with E-state index in [2.05, 4.69) is 0 Å². The zero-order chi connectivity index (χ0) is 14.4. The fraction of sp³-hybridized carbons (Fsp3) is 0.636. The van der Waals surface area contributed by atoms with Crippen molar-refractivity contribution in [2.24, 2.45) is 17.4 Å². The molecule has 0 saturated heterocycles. The zero-order valence-corrected chi connectivity index (χ0v) is 10.5. The number of nitrogens with zero attached hydrogens (tertiary/aromatic N) is 2. The highest BCUT2D eigenvalue weighted by atomic mass is 16.6. The largest absolute Gasteiger partial charge is 0.396 e. The lowest BCUT2D eigenvalue weighted by molar-refractivity contribution is -0.535. The van der Waals surface area contributed by atoms with Crippen LogP contribution in [-0.2, 0) is 0 Å². The molecule has 0 spiro atoms. The molecule has 0 amide bonds. The molecule has 8 heteroatoms. The van der Waals surface area contributed by atoms with Crippen LogP contribution in [-0.4, -0.2) is 21.4 Å². The van der Waals surface area contributed by atoms with E-state index < -0.39 is 21.4 Å². The van der Waals surface area contributed by atoms with Crippen LogP contribution in [0, 0.1) is 26.1 Å². The van der Waals surface area contributed by atoms with E-state index in [0.717, 1.165) is 0 Å². The van der Waals surface area contributed by atoms with Crippen molar-refractivity contribution in [2.45, 2.75) is 37.8 Å². The van der Waals surface area contributed by atoms with Crippen molar-refractivity contribution < 1.29 is 9.85 Å². The molecular formula is C11H16N4O4. The van der Waals surface area contributed by atoms with Crippen LogP contribution in [0.2, 0.25) is 0 Å². The SMILES string of the molecule is CCC1=C(N)C([N+](=O)[O-])C(N)(C2CC2)C([N+](=O)[O-])=C1. The molecule has 2 unspecified atom stereocenters. The van der Waals surface area contributed by atoms with Gasteiger partial charge in [0.15, 0.2) is 5.54 Å². The van der Waals surface area contributed by atoms with Gasteiger partial charge in [-0.2, -0.15) is 0 Å². The highest BCUT2D eigenvalue weighted by molar-refractivity contribution is 5.42. The second-order valence-corrected chi connectivity index (χ2v) is 5.02. The lowest BCUT2D eigenvalue weighted by Gasteiger charge is -2.33. The fourth-order valence-corrected chi connectivity index (χ4v) is 2.74. The number of nitrogens with two attached hydrogens (primary N) is 2. The molecule has 0 radical (unpaired) electrons. The Morgan fingerprint density at radius 3 is 2.37 bits per heavy atom. The molecule has 0 heterocycles. The maximum Gasteiger partial charge on any atom is 0.280 e. The molecule has 8 nitrogen and oxygen atoms in total. The smallest absolute Gasteiger partial charge is 0.280 e. The van der Waals surface area contributed by atoms with E-state index in [4.69, 9.17) is 11.5 Å². The fourth-order valence-electron chi connectivity index (χ4n) is 2.74. The van der Waals surface area contributed by atoms with Crippen LogP contribution in [0.25, 0.3) is 0 Å². The van der Waals surface area contributed by atoms with E-state index in [1.54, 1.807) is 6.92 Å². The molecular weight excluding hydrogens is 252 g/mol. The molecule has 4 N–H and O–H groups in total. The van der Waals surface area contributed by atoms with Crippen LogP contribution in [0.3, 0.4) is 0 Å². The van der Waals surface area contributed by atoms with Crippen molar-refractivity contribution in [3.63, 3.8) is 0 Å². The summed E-state index contributed by atoms with van der Waals surface area (Å²) < 4.78 is 0. The predicted molar refractivity (Wildman–Crippen MR) is 67.0 cm³/mol. The minimum Gasteiger partial charge on any atom is -0.396 e. The summed E-state index contributed by atoms with van der Waals surface area (Å²) in [4.78, 5) is 21.3. The van der Waals surface area contributed by atoms with Crippen LogP contribution in [0.15, 0.2) is 23.0 Å². The maximum absolute atomic E-state index is 11.3. The van der Waals surface area contributed by atoms with Gasteiger partial charge in [0, 0.05) is 11.0 Å². The minimum absolute atomic E-state index is 0.0486. The first kappa shape index (κ1) is 13.5. The third-order valence-corrected chi connectivity index (χ3v) is 3.91. The summed E-state index contributed by atoms with van der Waals surface area (Å²) >= 11 is 0. The van der Waals surface area contributed by atoms with Crippen LogP contribution < -0.4 is 11.5 Å². The summed E-state index contributed by atoms with van der Waals surface area (Å²) in [5, 5.41) is 22.5. The number of rotatable bonds is 4.